The van der Waals surface area contributed by atoms with Gasteiger partial charge in [0.05, 0.1) is 6.54 Å². The highest BCUT2D eigenvalue weighted by Crippen LogP contribution is 2.22. The van der Waals surface area contributed by atoms with Crippen molar-refractivity contribution in [2.45, 2.75) is 39.5 Å². The van der Waals surface area contributed by atoms with Gasteiger partial charge in [-0.3, -0.25) is 9.69 Å². The van der Waals surface area contributed by atoms with Gasteiger partial charge in [-0.2, -0.15) is 0 Å². The fourth-order valence-corrected chi connectivity index (χ4v) is 3.48. The third kappa shape index (κ3) is 5.26. The smallest absolute Gasteiger partial charge is 0.236 e. The molecule has 1 aliphatic rings. The predicted octanol–water partition coefficient (Wildman–Crippen LogP) is 3.48. The molecular formula is C19H28F2N2O. The number of amides is 1. The van der Waals surface area contributed by atoms with Gasteiger partial charge in [-0.05, 0) is 63.6 Å². The number of likely N-dealkylation sites (N-methyl/N-ethyl adjacent to an activating group) is 1. The highest BCUT2D eigenvalue weighted by atomic mass is 19.1. The van der Waals surface area contributed by atoms with Gasteiger partial charge in [-0.1, -0.05) is 6.07 Å². The van der Waals surface area contributed by atoms with E-state index in [2.05, 4.69) is 4.90 Å². The molecule has 1 heterocycles. The van der Waals surface area contributed by atoms with Crippen LogP contribution in [0.25, 0.3) is 0 Å². The molecule has 2 rings (SSSR count). The molecule has 1 fully saturated rings. The molecule has 0 spiro atoms. The second-order valence-electron chi connectivity index (χ2n) is 6.58. The Morgan fingerprint density at radius 2 is 2.04 bits per heavy atom. The van der Waals surface area contributed by atoms with Gasteiger partial charge in [0.25, 0.3) is 0 Å². The molecule has 3 nitrogen and oxygen atoms in total. The maximum atomic E-state index is 13.7. The monoisotopic (exact) mass is 338 g/mol. The molecule has 0 N–H and O–H groups in total. The molecule has 0 radical (unpaired) electrons. The maximum Gasteiger partial charge on any atom is 0.236 e. The molecule has 0 unspecified atom stereocenters. The zero-order valence-electron chi connectivity index (χ0n) is 14.7. The van der Waals surface area contributed by atoms with Gasteiger partial charge in [0.15, 0.2) is 0 Å². The number of aryl methyl sites for hydroxylation is 1. The van der Waals surface area contributed by atoms with E-state index in [9.17, 15) is 13.6 Å². The lowest BCUT2D eigenvalue weighted by atomic mass is 9.91. The number of hydrogen-bond donors (Lipinski definition) is 0. The van der Waals surface area contributed by atoms with E-state index in [0.29, 0.717) is 24.4 Å². The minimum Gasteiger partial charge on any atom is -0.342 e. The fourth-order valence-electron chi connectivity index (χ4n) is 3.48. The van der Waals surface area contributed by atoms with E-state index in [0.717, 1.165) is 51.5 Å². The summed E-state index contributed by atoms with van der Waals surface area (Å²) in [6.07, 6.45) is 3.67. The van der Waals surface area contributed by atoms with E-state index < -0.39 is 11.6 Å². The second-order valence-corrected chi connectivity index (χ2v) is 6.58. The molecule has 134 valence electrons. The van der Waals surface area contributed by atoms with Crippen molar-refractivity contribution in [1.82, 2.24) is 9.80 Å². The summed E-state index contributed by atoms with van der Waals surface area (Å²) in [6.45, 7) is 7.80. The normalized spacial score (nSPS) is 18.6. The summed E-state index contributed by atoms with van der Waals surface area (Å²) < 4.78 is 26.7. The molecule has 5 heteroatoms. The van der Waals surface area contributed by atoms with Crippen molar-refractivity contribution < 1.29 is 13.6 Å². The number of rotatable bonds is 7. The van der Waals surface area contributed by atoms with Gasteiger partial charge in [-0.15, -0.1) is 0 Å². The van der Waals surface area contributed by atoms with Gasteiger partial charge in [-0.25, -0.2) is 8.78 Å². The standard InChI is InChI=1S/C19H28F2N2O/c1-3-23(4-2)19(24)14-22-11-5-6-15(13-22)7-8-16-9-10-17(20)12-18(16)21/h9-10,12,15H,3-8,11,13-14H2,1-2H3/t15-/m1/s1. The van der Waals surface area contributed by atoms with Crippen LogP contribution in [0.2, 0.25) is 0 Å². The molecule has 0 saturated carbocycles. The average Bonchev–Trinajstić information content (AvgIpc) is 2.55. The van der Waals surface area contributed by atoms with Crippen LogP contribution >= 0.6 is 0 Å². The van der Waals surface area contributed by atoms with Gasteiger partial charge in [0.2, 0.25) is 5.91 Å². The quantitative estimate of drug-likeness (QED) is 0.760. The lowest BCUT2D eigenvalue weighted by Gasteiger charge is -2.33. The van der Waals surface area contributed by atoms with E-state index >= 15 is 0 Å². The van der Waals surface area contributed by atoms with Crippen LogP contribution in [-0.2, 0) is 11.2 Å². The molecular weight excluding hydrogens is 310 g/mol. The van der Waals surface area contributed by atoms with Crippen molar-refractivity contribution in [2.24, 2.45) is 5.92 Å². The number of likely N-dealkylation sites (tertiary alicyclic amines) is 1. The number of piperidine rings is 1. The van der Waals surface area contributed by atoms with E-state index in [-0.39, 0.29) is 5.91 Å². The Hall–Kier alpha value is -1.49. The van der Waals surface area contributed by atoms with Crippen LogP contribution in [0.3, 0.4) is 0 Å². The van der Waals surface area contributed by atoms with E-state index in [1.807, 2.05) is 18.7 Å². The van der Waals surface area contributed by atoms with E-state index in [1.54, 1.807) is 0 Å². The number of carbonyl (C=O) groups excluding carboxylic acids is 1. The van der Waals surface area contributed by atoms with Crippen LogP contribution in [0.5, 0.6) is 0 Å². The molecule has 1 aliphatic heterocycles. The van der Waals surface area contributed by atoms with Crippen molar-refractivity contribution in [1.29, 1.82) is 0 Å². The molecule has 1 atom stereocenters. The third-order valence-corrected chi connectivity index (χ3v) is 4.92. The van der Waals surface area contributed by atoms with Crippen molar-refractivity contribution in [3.05, 3.63) is 35.4 Å². The summed E-state index contributed by atoms with van der Waals surface area (Å²) in [5.74, 6) is -0.340. The first-order valence-electron chi connectivity index (χ1n) is 8.97. The van der Waals surface area contributed by atoms with Crippen LogP contribution < -0.4 is 0 Å². The van der Waals surface area contributed by atoms with Crippen LogP contribution in [0.1, 0.15) is 38.7 Å². The largest absolute Gasteiger partial charge is 0.342 e. The third-order valence-electron chi connectivity index (χ3n) is 4.92. The zero-order chi connectivity index (χ0) is 17.5. The Kier molecular flexibility index (Phi) is 7.16. The lowest BCUT2D eigenvalue weighted by Crippen LogP contribution is -2.44. The first-order valence-corrected chi connectivity index (χ1v) is 8.97. The topological polar surface area (TPSA) is 23.6 Å². The Bertz CT molecular complexity index is 546. The summed E-state index contributed by atoms with van der Waals surface area (Å²) in [5, 5.41) is 0. The molecule has 0 bridgehead atoms. The molecule has 1 aromatic rings. The predicted molar refractivity (Wildman–Crippen MR) is 91.8 cm³/mol. The molecule has 1 aromatic carbocycles. The maximum absolute atomic E-state index is 13.7. The van der Waals surface area contributed by atoms with Crippen molar-refractivity contribution in [2.75, 3.05) is 32.7 Å². The van der Waals surface area contributed by atoms with E-state index in [4.69, 9.17) is 0 Å². The summed E-state index contributed by atoms with van der Waals surface area (Å²) in [7, 11) is 0. The summed E-state index contributed by atoms with van der Waals surface area (Å²) in [4.78, 5) is 16.3. The molecule has 0 aromatic heterocycles. The Morgan fingerprint density at radius 3 is 2.71 bits per heavy atom. The van der Waals surface area contributed by atoms with Gasteiger partial charge in [0, 0.05) is 25.7 Å². The van der Waals surface area contributed by atoms with Crippen molar-refractivity contribution in [3.63, 3.8) is 0 Å². The first kappa shape index (κ1) is 18.8. The second kappa shape index (κ2) is 9.11. The average molecular weight is 338 g/mol. The Labute approximate surface area is 143 Å². The Morgan fingerprint density at radius 1 is 1.29 bits per heavy atom. The van der Waals surface area contributed by atoms with Crippen LogP contribution in [0.15, 0.2) is 18.2 Å². The molecule has 1 amide bonds. The summed E-state index contributed by atoms with van der Waals surface area (Å²) >= 11 is 0. The SMILES string of the molecule is CCN(CC)C(=O)CN1CCC[C@H](CCc2ccc(F)cc2F)C1. The molecule has 0 aliphatic carbocycles. The minimum absolute atomic E-state index is 0.185. The van der Waals surface area contributed by atoms with Crippen LogP contribution in [-0.4, -0.2) is 48.4 Å². The Balaban J connectivity index is 1.83. The summed E-state index contributed by atoms with van der Waals surface area (Å²) in [6, 6.07) is 3.80. The van der Waals surface area contributed by atoms with Crippen LogP contribution in [0, 0.1) is 17.6 Å². The van der Waals surface area contributed by atoms with Gasteiger partial charge >= 0.3 is 0 Å². The number of halogens is 2. The van der Waals surface area contributed by atoms with Crippen molar-refractivity contribution in [3.8, 4) is 0 Å². The molecule has 1 saturated heterocycles. The summed E-state index contributed by atoms with van der Waals surface area (Å²) in [5.41, 5.74) is 0.577. The van der Waals surface area contributed by atoms with Crippen molar-refractivity contribution >= 4 is 5.91 Å². The first-order chi connectivity index (χ1) is 11.5. The number of hydrogen-bond acceptors (Lipinski definition) is 2. The lowest BCUT2D eigenvalue weighted by molar-refractivity contribution is -0.132. The van der Waals surface area contributed by atoms with Gasteiger partial charge in [0.1, 0.15) is 11.6 Å². The highest BCUT2D eigenvalue weighted by molar-refractivity contribution is 5.78. The number of nitrogens with zero attached hydrogens (tertiary/aromatic N) is 2. The zero-order valence-corrected chi connectivity index (χ0v) is 14.7. The number of benzene rings is 1. The molecule has 24 heavy (non-hydrogen) atoms. The van der Waals surface area contributed by atoms with Gasteiger partial charge < -0.3 is 4.90 Å². The minimum atomic E-state index is -0.532. The highest BCUT2D eigenvalue weighted by Gasteiger charge is 2.23. The fraction of sp³-hybridized carbons (Fsp3) is 0.632. The number of carbonyl (C=O) groups is 1. The van der Waals surface area contributed by atoms with Crippen LogP contribution in [0.4, 0.5) is 8.78 Å². The van der Waals surface area contributed by atoms with E-state index in [1.165, 1.54) is 12.1 Å².